The van der Waals surface area contributed by atoms with Crippen molar-refractivity contribution in [1.82, 2.24) is 0 Å². The highest BCUT2D eigenvalue weighted by molar-refractivity contribution is 6.32. The van der Waals surface area contributed by atoms with Crippen LogP contribution in [0.2, 0.25) is 5.02 Å². The Morgan fingerprint density at radius 2 is 2.09 bits per heavy atom. The highest BCUT2D eigenvalue weighted by atomic mass is 35.5. The van der Waals surface area contributed by atoms with Crippen molar-refractivity contribution in [2.24, 2.45) is 0 Å². The minimum atomic E-state index is 0.551. The van der Waals surface area contributed by atoms with Crippen molar-refractivity contribution in [3.63, 3.8) is 0 Å². The lowest BCUT2D eigenvalue weighted by Gasteiger charge is -2.05. The van der Waals surface area contributed by atoms with Crippen LogP contribution in [0, 0.1) is 6.92 Å². The van der Waals surface area contributed by atoms with Crippen LogP contribution >= 0.6 is 11.6 Å². The topological polar surface area (TPSA) is 35.2 Å². The minimum Gasteiger partial charge on any atom is -0.495 e. The molecule has 3 heteroatoms. The zero-order valence-corrected chi connectivity index (χ0v) is 7.27. The predicted octanol–water partition coefficient (Wildman–Crippen LogP) is 2.24. The van der Waals surface area contributed by atoms with Crippen LogP contribution in [-0.4, -0.2) is 7.11 Å². The lowest BCUT2D eigenvalue weighted by atomic mass is 10.2. The monoisotopic (exact) mass is 171 g/mol. The van der Waals surface area contributed by atoms with Gasteiger partial charge in [-0.25, -0.2) is 0 Å². The van der Waals surface area contributed by atoms with E-state index in [1.165, 1.54) is 0 Å². The number of methoxy groups -OCH3 is 1. The molecule has 0 bridgehead atoms. The average Bonchev–Trinajstić information content (AvgIpc) is 1.97. The van der Waals surface area contributed by atoms with E-state index >= 15 is 0 Å². The number of benzene rings is 1. The summed E-state index contributed by atoms with van der Waals surface area (Å²) in [7, 11) is 1.58. The molecule has 0 aliphatic rings. The van der Waals surface area contributed by atoms with E-state index in [1.54, 1.807) is 13.2 Å². The highest BCUT2D eigenvalue weighted by Gasteiger charge is 2.02. The Morgan fingerprint density at radius 1 is 1.45 bits per heavy atom. The summed E-state index contributed by atoms with van der Waals surface area (Å²) in [6.45, 7) is 1.91. The molecule has 0 amide bonds. The van der Waals surface area contributed by atoms with Crippen LogP contribution < -0.4 is 10.5 Å². The molecule has 11 heavy (non-hydrogen) atoms. The van der Waals surface area contributed by atoms with Crippen molar-refractivity contribution in [3.05, 3.63) is 22.7 Å². The van der Waals surface area contributed by atoms with Gasteiger partial charge in [-0.2, -0.15) is 0 Å². The number of ether oxygens (including phenoxy) is 1. The first kappa shape index (κ1) is 8.21. The van der Waals surface area contributed by atoms with Crippen LogP contribution in [0.3, 0.4) is 0 Å². The smallest absolute Gasteiger partial charge is 0.137 e. The maximum Gasteiger partial charge on any atom is 0.137 e. The van der Waals surface area contributed by atoms with Gasteiger partial charge in [0.25, 0.3) is 0 Å². The van der Waals surface area contributed by atoms with Gasteiger partial charge in [0, 0.05) is 5.69 Å². The Hall–Kier alpha value is -0.890. The van der Waals surface area contributed by atoms with Crippen molar-refractivity contribution in [1.29, 1.82) is 0 Å². The van der Waals surface area contributed by atoms with Crippen LogP contribution in [0.4, 0.5) is 5.69 Å². The molecule has 0 unspecified atom stereocenters. The molecule has 0 aromatic heterocycles. The fraction of sp³-hybridized carbons (Fsp3) is 0.250. The van der Waals surface area contributed by atoms with E-state index in [0.29, 0.717) is 16.5 Å². The van der Waals surface area contributed by atoms with E-state index in [1.807, 2.05) is 13.0 Å². The molecule has 0 fully saturated rings. The molecule has 0 saturated carbocycles. The lowest BCUT2D eigenvalue weighted by Crippen LogP contribution is -1.91. The van der Waals surface area contributed by atoms with E-state index in [4.69, 9.17) is 22.1 Å². The predicted molar refractivity (Wildman–Crippen MR) is 47.2 cm³/mol. The summed E-state index contributed by atoms with van der Waals surface area (Å²) in [5.41, 5.74) is 7.27. The molecular weight excluding hydrogens is 162 g/mol. The summed E-state index contributed by atoms with van der Waals surface area (Å²) in [6.07, 6.45) is 0. The van der Waals surface area contributed by atoms with Gasteiger partial charge in [0.2, 0.25) is 0 Å². The normalized spacial score (nSPS) is 9.73. The van der Waals surface area contributed by atoms with Crippen molar-refractivity contribution < 1.29 is 4.74 Å². The molecule has 0 aliphatic carbocycles. The third-order valence-corrected chi connectivity index (χ3v) is 1.84. The molecule has 0 radical (unpaired) electrons. The van der Waals surface area contributed by atoms with Crippen LogP contribution in [0.1, 0.15) is 5.56 Å². The summed E-state index contributed by atoms with van der Waals surface area (Å²) < 4.78 is 4.99. The number of hydrogen-bond donors (Lipinski definition) is 1. The zero-order chi connectivity index (χ0) is 8.43. The summed E-state index contributed by atoms with van der Waals surface area (Å²) in [5, 5.41) is 0.551. The number of aryl methyl sites for hydroxylation is 1. The molecule has 2 nitrogen and oxygen atoms in total. The van der Waals surface area contributed by atoms with Crippen molar-refractivity contribution >= 4 is 17.3 Å². The maximum atomic E-state index is 5.80. The van der Waals surface area contributed by atoms with Gasteiger partial charge in [-0.15, -0.1) is 0 Å². The summed E-state index contributed by atoms with van der Waals surface area (Å²) in [4.78, 5) is 0. The number of hydrogen-bond acceptors (Lipinski definition) is 2. The second-order valence-corrected chi connectivity index (χ2v) is 2.75. The van der Waals surface area contributed by atoms with Gasteiger partial charge in [-0.3, -0.25) is 0 Å². The van der Waals surface area contributed by atoms with Crippen LogP contribution in [0.5, 0.6) is 5.75 Å². The lowest BCUT2D eigenvalue weighted by molar-refractivity contribution is 0.415. The minimum absolute atomic E-state index is 0.551. The Morgan fingerprint density at radius 3 is 2.64 bits per heavy atom. The zero-order valence-electron chi connectivity index (χ0n) is 6.52. The number of nitrogen functional groups attached to an aromatic ring is 1. The third-order valence-electron chi connectivity index (χ3n) is 1.54. The van der Waals surface area contributed by atoms with Gasteiger partial charge in [-0.05, 0) is 24.6 Å². The van der Waals surface area contributed by atoms with E-state index < -0.39 is 0 Å². The molecule has 0 heterocycles. The summed E-state index contributed by atoms with van der Waals surface area (Å²) in [5.74, 6) is 0.665. The van der Waals surface area contributed by atoms with Crippen LogP contribution in [0.25, 0.3) is 0 Å². The molecule has 2 N–H and O–H groups in total. The summed E-state index contributed by atoms with van der Waals surface area (Å²) >= 11 is 5.80. The second kappa shape index (κ2) is 3.01. The fourth-order valence-corrected chi connectivity index (χ4v) is 1.08. The van der Waals surface area contributed by atoms with Gasteiger partial charge in [0.15, 0.2) is 0 Å². The summed E-state index contributed by atoms with van der Waals surface area (Å²) in [6, 6.07) is 3.51. The molecule has 1 rings (SSSR count). The number of rotatable bonds is 1. The Kier molecular flexibility index (Phi) is 2.25. The number of nitrogens with two attached hydrogens (primary N) is 1. The largest absolute Gasteiger partial charge is 0.495 e. The van der Waals surface area contributed by atoms with Crippen molar-refractivity contribution in [3.8, 4) is 5.75 Å². The molecule has 60 valence electrons. The van der Waals surface area contributed by atoms with E-state index in [2.05, 4.69) is 0 Å². The first-order valence-corrected chi connectivity index (χ1v) is 3.62. The number of anilines is 1. The van der Waals surface area contributed by atoms with Crippen molar-refractivity contribution in [2.45, 2.75) is 6.92 Å². The Labute approximate surface area is 70.9 Å². The molecule has 1 aromatic rings. The standard InChI is InChI=1S/C8H10ClNO/c1-5-3-8(11-2)6(9)4-7(5)10/h3-4H,10H2,1-2H3. The van der Waals surface area contributed by atoms with Crippen LogP contribution in [-0.2, 0) is 0 Å². The van der Waals surface area contributed by atoms with Gasteiger partial charge in [-0.1, -0.05) is 11.6 Å². The van der Waals surface area contributed by atoms with Gasteiger partial charge < -0.3 is 10.5 Å². The SMILES string of the molecule is COc1cc(C)c(N)cc1Cl. The fourth-order valence-electron chi connectivity index (χ4n) is 0.827. The van der Waals surface area contributed by atoms with E-state index in [-0.39, 0.29) is 0 Å². The van der Waals surface area contributed by atoms with E-state index in [9.17, 15) is 0 Å². The quantitative estimate of drug-likeness (QED) is 0.658. The van der Waals surface area contributed by atoms with Crippen molar-refractivity contribution in [2.75, 3.05) is 12.8 Å². The first-order chi connectivity index (χ1) is 5.15. The molecule has 1 aromatic carbocycles. The molecule has 0 atom stereocenters. The van der Waals surface area contributed by atoms with Gasteiger partial charge >= 0.3 is 0 Å². The third kappa shape index (κ3) is 1.57. The molecule has 0 spiro atoms. The van der Waals surface area contributed by atoms with E-state index in [0.717, 1.165) is 5.56 Å². The van der Waals surface area contributed by atoms with Crippen LogP contribution in [0.15, 0.2) is 12.1 Å². The molecule has 0 aliphatic heterocycles. The maximum absolute atomic E-state index is 5.80. The Balaban J connectivity index is 3.21. The second-order valence-electron chi connectivity index (χ2n) is 2.34. The number of halogens is 1. The molecular formula is C8H10ClNO. The average molecular weight is 172 g/mol. The molecule has 0 saturated heterocycles. The highest BCUT2D eigenvalue weighted by Crippen LogP contribution is 2.28. The first-order valence-electron chi connectivity index (χ1n) is 3.24. The van der Waals surface area contributed by atoms with Gasteiger partial charge in [0.05, 0.1) is 12.1 Å². The Bertz CT molecular complexity index is 273. The van der Waals surface area contributed by atoms with Gasteiger partial charge in [0.1, 0.15) is 5.75 Å².